The minimum absolute atomic E-state index is 0.898. The second-order valence-corrected chi connectivity index (χ2v) is 2.18. The van der Waals surface area contributed by atoms with Crippen molar-refractivity contribution in [2.45, 2.75) is 33.6 Å². The zero-order valence-corrected chi connectivity index (χ0v) is 7.72. The zero-order chi connectivity index (χ0) is 6.99. The Kier molecular flexibility index (Phi) is 14.7. The molecule has 1 unspecified atom stereocenters. The SMILES string of the molecule is CCCC(C)C.CP. The molecule has 0 bridgehead atoms. The Hall–Kier alpha value is 0.430. The molecule has 0 aliphatic rings. The molecule has 0 rings (SSSR count). The summed E-state index contributed by atoms with van der Waals surface area (Å²) in [5.41, 5.74) is 0. The highest BCUT2D eigenvalue weighted by Gasteiger charge is 1.85. The average Bonchev–Trinajstić information content (AvgIpc) is 1.72. The minimum atomic E-state index is 0.898. The van der Waals surface area contributed by atoms with Gasteiger partial charge in [-0.15, -0.1) is 9.24 Å². The van der Waals surface area contributed by atoms with Crippen molar-refractivity contribution in [1.82, 2.24) is 0 Å². The maximum atomic E-state index is 2.42. The van der Waals surface area contributed by atoms with Crippen LogP contribution in [0.2, 0.25) is 0 Å². The molecule has 0 heterocycles. The fourth-order valence-electron chi connectivity index (χ4n) is 0.577. The van der Waals surface area contributed by atoms with E-state index in [4.69, 9.17) is 0 Å². The van der Waals surface area contributed by atoms with Crippen LogP contribution in [0.1, 0.15) is 33.6 Å². The molecule has 1 heteroatoms. The molecule has 0 aromatic carbocycles. The predicted molar refractivity (Wildman–Crippen MR) is 45.4 cm³/mol. The molecule has 1 atom stereocenters. The molecule has 0 aromatic rings. The van der Waals surface area contributed by atoms with Gasteiger partial charge in [0.1, 0.15) is 0 Å². The Morgan fingerprint density at radius 1 is 1.25 bits per heavy atom. The van der Waals surface area contributed by atoms with Crippen molar-refractivity contribution >= 4 is 9.24 Å². The first-order valence-corrected chi connectivity index (χ1v) is 4.50. The van der Waals surface area contributed by atoms with Crippen LogP contribution in [0.4, 0.5) is 0 Å². The Balaban J connectivity index is 0. The number of hydrogen-bond acceptors (Lipinski definition) is 0. The largest absolute Gasteiger partial charge is 0.141 e. The van der Waals surface area contributed by atoms with Crippen molar-refractivity contribution in [2.24, 2.45) is 5.92 Å². The van der Waals surface area contributed by atoms with Crippen LogP contribution in [-0.4, -0.2) is 6.66 Å². The van der Waals surface area contributed by atoms with Crippen LogP contribution in [0.25, 0.3) is 0 Å². The fourth-order valence-corrected chi connectivity index (χ4v) is 0.577. The van der Waals surface area contributed by atoms with Crippen LogP contribution in [0.5, 0.6) is 0 Å². The maximum Gasteiger partial charge on any atom is -0.0471 e. The van der Waals surface area contributed by atoms with Gasteiger partial charge in [0.2, 0.25) is 0 Å². The molecule has 0 spiro atoms. The van der Waals surface area contributed by atoms with E-state index in [2.05, 4.69) is 30.0 Å². The Morgan fingerprint density at radius 2 is 1.62 bits per heavy atom. The molecular formula is C7H19P. The van der Waals surface area contributed by atoms with E-state index < -0.39 is 0 Å². The zero-order valence-electron chi connectivity index (χ0n) is 6.57. The van der Waals surface area contributed by atoms with Gasteiger partial charge in [-0.25, -0.2) is 0 Å². The van der Waals surface area contributed by atoms with Gasteiger partial charge in [0.25, 0.3) is 0 Å². The van der Waals surface area contributed by atoms with Crippen molar-refractivity contribution in [2.75, 3.05) is 6.66 Å². The Labute approximate surface area is 56.3 Å². The number of hydrogen-bond donors (Lipinski definition) is 0. The average molecular weight is 134 g/mol. The minimum Gasteiger partial charge on any atom is -0.141 e. The monoisotopic (exact) mass is 134 g/mol. The molecule has 0 fully saturated rings. The van der Waals surface area contributed by atoms with Crippen molar-refractivity contribution in [3.63, 3.8) is 0 Å². The molecule has 0 nitrogen and oxygen atoms in total. The summed E-state index contributed by atoms with van der Waals surface area (Å²) in [5.74, 6) is 0.898. The van der Waals surface area contributed by atoms with Gasteiger partial charge in [0, 0.05) is 0 Å². The molecule has 0 aromatic heterocycles. The van der Waals surface area contributed by atoms with Gasteiger partial charge in [-0.3, -0.25) is 0 Å². The normalized spacial score (nSPS) is 8.25. The summed E-state index contributed by atoms with van der Waals surface area (Å²) in [7, 11) is 2.42. The van der Waals surface area contributed by atoms with Crippen LogP contribution in [0, 0.1) is 5.92 Å². The first kappa shape index (κ1) is 11.3. The molecular weight excluding hydrogens is 115 g/mol. The van der Waals surface area contributed by atoms with Crippen LogP contribution < -0.4 is 0 Å². The topological polar surface area (TPSA) is 0 Å². The lowest BCUT2D eigenvalue weighted by Crippen LogP contribution is -1.81. The van der Waals surface area contributed by atoms with E-state index in [0.29, 0.717) is 0 Å². The molecule has 0 saturated heterocycles. The van der Waals surface area contributed by atoms with E-state index in [0.717, 1.165) is 5.92 Å². The van der Waals surface area contributed by atoms with Crippen molar-refractivity contribution in [1.29, 1.82) is 0 Å². The fraction of sp³-hybridized carbons (Fsp3) is 1.00. The summed E-state index contributed by atoms with van der Waals surface area (Å²) in [6.07, 6.45) is 2.71. The quantitative estimate of drug-likeness (QED) is 0.509. The second-order valence-electron chi connectivity index (χ2n) is 2.18. The van der Waals surface area contributed by atoms with Crippen molar-refractivity contribution < 1.29 is 0 Å². The number of rotatable bonds is 2. The smallest absolute Gasteiger partial charge is 0.0471 e. The first-order chi connectivity index (χ1) is 3.77. The van der Waals surface area contributed by atoms with Crippen LogP contribution in [-0.2, 0) is 0 Å². The summed E-state index contributed by atoms with van der Waals surface area (Å²) in [5, 5.41) is 0. The van der Waals surface area contributed by atoms with E-state index in [-0.39, 0.29) is 0 Å². The van der Waals surface area contributed by atoms with Gasteiger partial charge < -0.3 is 0 Å². The van der Waals surface area contributed by atoms with E-state index in [9.17, 15) is 0 Å². The third kappa shape index (κ3) is 16.1. The third-order valence-electron chi connectivity index (χ3n) is 0.866. The third-order valence-corrected chi connectivity index (χ3v) is 0.866. The van der Waals surface area contributed by atoms with Crippen LogP contribution >= 0.6 is 9.24 Å². The summed E-state index contributed by atoms with van der Waals surface area (Å²) < 4.78 is 0. The van der Waals surface area contributed by atoms with E-state index in [1.165, 1.54) is 12.8 Å². The van der Waals surface area contributed by atoms with E-state index >= 15 is 0 Å². The standard InChI is InChI=1S/C6H14.CH5P/c1-4-5-6(2)3;1-2/h6H,4-5H2,1-3H3;2H2,1H3. The molecule has 0 N–H and O–H groups in total. The predicted octanol–water partition coefficient (Wildman–Crippen LogP) is 2.93. The summed E-state index contributed by atoms with van der Waals surface area (Å²) in [6, 6.07) is 0. The van der Waals surface area contributed by atoms with Crippen molar-refractivity contribution in [3.05, 3.63) is 0 Å². The second kappa shape index (κ2) is 10.4. The van der Waals surface area contributed by atoms with Crippen molar-refractivity contribution in [3.8, 4) is 0 Å². The molecule has 8 heavy (non-hydrogen) atoms. The lowest BCUT2D eigenvalue weighted by Gasteiger charge is -1.95. The lowest BCUT2D eigenvalue weighted by atomic mass is 10.1. The molecule has 0 radical (unpaired) electrons. The summed E-state index contributed by atoms with van der Waals surface area (Å²) in [6.45, 7) is 8.65. The molecule has 52 valence electrons. The van der Waals surface area contributed by atoms with Gasteiger partial charge in [0.05, 0.1) is 0 Å². The van der Waals surface area contributed by atoms with Gasteiger partial charge in [-0.1, -0.05) is 40.3 Å². The van der Waals surface area contributed by atoms with E-state index in [1.54, 1.807) is 0 Å². The lowest BCUT2D eigenvalue weighted by molar-refractivity contribution is 0.576. The summed E-state index contributed by atoms with van der Waals surface area (Å²) in [4.78, 5) is 0. The Morgan fingerprint density at radius 3 is 1.62 bits per heavy atom. The van der Waals surface area contributed by atoms with Gasteiger partial charge in [-0.2, -0.15) is 0 Å². The first-order valence-electron chi connectivity index (χ1n) is 3.35. The van der Waals surface area contributed by atoms with Gasteiger partial charge >= 0.3 is 0 Å². The van der Waals surface area contributed by atoms with Crippen LogP contribution in [0.3, 0.4) is 0 Å². The maximum absolute atomic E-state index is 2.42. The molecule has 0 saturated carbocycles. The van der Waals surface area contributed by atoms with E-state index in [1.807, 2.05) is 6.66 Å². The molecule has 0 aliphatic carbocycles. The molecule has 0 amide bonds. The van der Waals surface area contributed by atoms with Gasteiger partial charge in [-0.05, 0) is 5.92 Å². The summed E-state index contributed by atoms with van der Waals surface area (Å²) >= 11 is 0. The Bertz CT molecular complexity index is 25.6. The highest BCUT2D eigenvalue weighted by Crippen LogP contribution is 2.00. The van der Waals surface area contributed by atoms with Gasteiger partial charge in [0.15, 0.2) is 0 Å². The molecule has 0 aliphatic heterocycles. The highest BCUT2D eigenvalue weighted by molar-refractivity contribution is 7.15. The highest BCUT2D eigenvalue weighted by atomic mass is 31.0. The van der Waals surface area contributed by atoms with Crippen LogP contribution in [0.15, 0.2) is 0 Å².